The van der Waals surface area contributed by atoms with Crippen molar-refractivity contribution in [2.45, 2.75) is 13.0 Å². The summed E-state index contributed by atoms with van der Waals surface area (Å²) in [5.41, 5.74) is 3.05. The summed E-state index contributed by atoms with van der Waals surface area (Å²) in [5.74, 6) is -0.471. The predicted octanol–water partition coefficient (Wildman–Crippen LogP) is 1.93. The Labute approximate surface area is 131 Å². The molecule has 2 aromatic heterocycles. The maximum absolute atomic E-state index is 13.3. The average Bonchev–Trinajstić information content (AvgIpc) is 3.22. The summed E-state index contributed by atoms with van der Waals surface area (Å²) in [6.07, 6.45) is 4.17. The standard InChI is InChI=1S/C16H14FN5O/c17-12-2-1-3-13(8-12)22-7-5-15(20-22)16(23)21-6-4-14-11(10-21)9-18-19-14/h1-3,5,7-9H,4,6,10H2,(H,18,19). The summed E-state index contributed by atoms with van der Waals surface area (Å²) in [6, 6.07) is 7.75. The number of carbonyl (C=O) groups is 1. The highest BCUT2D eigenvalue weighted by atomic mass is 19.1. The minimum atomic E-state index is -0.339. The van der Waals surface area contributed by atoms with Crippen LogP contribution in [0.4, 0.5) is 4.39 Å². The molecule has 116 valence electrons. The molecule has 6 nitrogen and oxygen atoms in total. The minimum Gasteiger partial charge on any atom is -0.332 e. The van der Waals surface area contributed by atoms with Gasteiger partial charge in [0.1, 0.15) is 5.82 Å². The number of hydrogen-bond acceptors (Lipinski definition) is 3. The number of benzene rings is 1. The van der Waals surface area contributed by atoms with E-state index in [9.17, 15) is 9.18 Å². The molecule has 4 rings (SSSR count). The highest BCUT2D eigenvalue weighted by Crippen LogP contribution is 2.18. The molecule has 1 aromatic carbocycles. The van der Waals surface area contributed by atoms with Crippen molar-refractivity contribution in [3.8, 4) is 5.69 Å². The van der Waals surface area contributed by atoms with Gasteiger partial charge in [-0.1, -0.05) is 6.07 Å². The van der Waals surface area contributed by atoms with Crippen LogP contribution in [0.3, 0.4) is 0 Å². The SMILES string of the molecule is O=C(c1ccn(-c2cccc(F)c2)n1)N1CCc2[nH]ncc2C1. The van der Waals surface area contributed by atoms with E-state index in [2.05, 4.69) is 15.3 Å². The molecule has 0 bridgehead atoms. The second kappa shape index (κ2) is 5.35. The van der Waals surface area contributed by atoms with Crippen molar-refractivity contribution < 1.29 is 9.18 Å². The van der Waals surface area contributed by atoms with Crippen molar-refractivity contribution in [2.75, 3.05) is 6.54 Å². The van der Waals surface area contributed by atoms with Gasteiger partial charge >= 0.3 is 0 Å². The van der Waals surface area contributed by atoms with Gasteiger partial charge in [0.15, 0.2) is 5.69 Å². The molecule has 0 saturated carbocycles. The zero-order valence-electron chi connectivity index (χ0n) is 12.2. The van der Waals surface area contributed by atoms with Gasteiger partial charge in [-0.3, -0.25) is 9.89 Å². The molecule has 0 saturated heterocycles. The highest BCUT2D eigenvalue weighted by molar-refractivity contribution is 5.92. The Bertz CT molecular complexity index is 869. The van der Waals surface area contributed by atoms with Gasteiger partial charge in [0.05, 0.1) is 11.9 Å². The molecule has 23 heavy (non-hydrogen) atoms. The number of amides is 1. The van der Waals surface area contributed by atoms with Crippen LogP contribution in [0.1, 0.15) is 21.7 Å². The fraction of sp³-hybridized carbons (Fsp3) is 0.188. The van der Waals surface area contributed by atoms with Gasteiger partial charge in [-0.2, -0.15) is 10.2 Å². The Morgan fingerprint density at radius 3 is 3.09 bits per heavy atom. The van der Waals surface area contributed by atoms with Gasteiger partial charge < -0.3 is 4.90 Å². The van der Waals surface area contributed by atoms with E-state index in [-0.39, 0.29) is 11.7 Å². The third-order valence-corrected chi connectivity index (χ3v) is 3.97. The Kier molecular flexibility index (Phi) is 3.18. The maximum atomic E-state index is 13.3. The molecular weight excluding hydrogens is 297 g/mol. The Morgan fingerprint density at radius 1 is 1.30 bits per heavy atom. The third-order valence-electron chi connectivity index (χ3n) is 3.97. The largest absolute Gasteiger partial charge is 0.332 e. The first-order valence-electron chi connectivity index (χ1n) is 7.33. The molecule has 0 aliphatic carbocycles. The number of nitrogens with one attached hydrogen (secondary N) is 1. The number of aromatic nitrogens is 4. The molecule has 1 aliphatic heterocycles. The van der Waals surface area contributed by atoms with E-state index < -0.39 is 0 Å². The van der Waals surface area contributed by atoms with E-state index in [1.54, 1.807) is 35.5 Å². The van der Waals surface area contributed by atoms with Crippen LogP contribution in [0.15, 0.2) is 42.7 Å². The van der Waals surface area contributed by atoms with E-state index in [1.807, 2.05) is 0 Å². The summed E-state index contributed by atoms with van der Waals surface area (Å²) in [4.78, 5) is 14.3. The van der Waals surface area contributed by atoms with Gasteiger partial charge in [-0.25, -0.2) is 9.07 Å². The van der Waals surface area contributed by atoms with Gasteiger partial charge in [-0.05, 0) is 24.3 Å². The van der Waals surface area contributed by atoms with Crippen LogP contribution < -0.4 is 0 Å². The smallest absolute Gasteiger partial charge is 0.274 e. The van der Waals surface area contributed by atoms with Crippen LogP contribution in [0.5, 0.6) is 0 Å². The molecule has 0 atom stereocenters. The van der Waals surface area contributed by atoms with Crippen molar-refractivity contribution in [2.24, 2.45) is 0 Å². The Hall–Kier alpha value is -2.96. The van der Waals surface area contributed by atoms with Crippen LogP contribution in [0.25, 0.3) is 5.69 Å². The number of hydrogen-bond donors (Lipinski definition) is 1. The lowest BCUT2D eigenvalue weighted by Crippen LogP contribution is -2.36. The monoisotopic (exact) mass is 311 g/mol. The summed E-state index contributed by atoms with van der Waals surface area (Å²) < 4.78 is 14.8. The van der Waals surface area contributed by atoms with Crippen molar-refractivity contribution >= 4 is 5.91 Å². The quantitative estimate of drug-likeness (QED) is 0.786. The lowest BCUT2D eigenvalue weighted by atomic mass is 10.1. The third kappa shape index (κ3) is 2.50. The van der Waals surface area contributed by atoms with Gasteiger partial charge in [0, 0.05) is 37.0 Å². The van der Waals surface area contributed by atoms with Crippen LogP contribution >= 0.6 is 0 Å². The zero-order valence-corrected chi connectivity index (χ0v) is 12.2. The number of aromatic amines is 1. The molecule has 3 aromatic rings. The molecule has 7 heteroatoms. The van der Waals surface area contributed by atoms with Crippen LogP contribution in [-0.2, 0) is 13.0 Å². The highest BCUT2D eigenvalue weighted by Gasteiger charge is 2.24. The molecule has 0 unspecified atom stereocenters. The summed E-state index contributed by atoms with van der Waals surface area (Å²) in [5, 5.41) is 11.2. The summed E-state index contributed by atoms with van der Waals surface area (Å²) in [6.45, 7) is 1.15. The normalized spacial score (nSPS) is 13.9. The lowest BCUT2D eigenvalue weighted by molar-refractivity contribution is 0.0728. The van der Waals surface area contributed by atoms with Gasteiger partial charge in [-0.15, -0.1) is 0 Å². The van der Waals surface area contributed by atoms with Crippen LogP contribution in [0, 0.1) is 5.82 Å². The topological polar surface area (TPSA) is 66.8 Å². The van der Waals surface area contributed by atoms with Crippen molar-refractivity contribution in [1.82, 2.24) is 24.9 Å². The zero-order chi connectivity index (χ0) is 15.8. The van der Waals surface area contributed by atoms with Crippen molar-refractivity contribution in [3.63, 3.8) is 0 Å². The first-order chi connectivity index (χ1) is 11.2. The Balaban J connectivity index is 1.56. The number of nitrogens with zero attached hydrogens (tertiary/aromatic N) is 4. The second-order valence-corrected chi connectivity index (χ2v) is 5.48. The summed E-state index contributed by atoms with van der Waals surface area (Å²) in [7, 11) is 0. The van der Waals surface area contributed by atoms with E-state index in [0.717, 1.165) is 17.7 Å². The fourth-order valence-corrected chi connectivity index (χ4v) is 2.76. The van der Waals surface area contributed by atoms with E-state index >= 15 is 0 Å². The minimum absolute atomic E-state index is 0.132. The molecule has 1 aliphatic rings. The fourth-order valence-electron chi connectivity index (χ4n) is 2.76. The van der Waals surface area contributed by atoms with Gasteiger partial charge in [0.2, 0.25) is 0 Å². The van der Waals surface area contributed by atoms with Crippen molar-refractivity contribution in [3.05, 3.63) is 65.5 Å². The van der Waals surface area contributed by atoms with E-state index in [4.69, 9.17) is 0 Å². The molecule has 1 N–H and O–H groups in total. The number of rotatable bonds is 2. The van der Waals surface area contributed by atoms with Gasteiger partial charge in [0.25, 0.3) is 5.91 Å². The van der Waals surface area contributed by atoms with Crippen molar-refractivity contribution in [1.29, 1.82) is 0 Å². The number of fused-ring (bicyclic) bond motifs is 1. The molecule has 0 radical (unpaired) electrons. The van der Waals surface area contributed by atoms with E-state index in [1.165, 1.54) is 16.8 Å². The molecule has 1 amide bonds. The second-order valence-electron chi connectivity index (χ2n) is 5.48. The average molecular weight is 311 g/mol. The number of H-pyrrole nitrogens is 1. The first-order valence-corrected chi connectivity index (χ1v) is 7.33. The molecule has 3 heterocycles. The maximum Gasteiger partial charge on any atom is 0.274 e. The van der Waals surface area contributed by atoms with E-state index in [0.29, 0.717) is 24.5 Å². The molecule has 0 spiro atoms. The number of halogens is 1. The summed E-state index contributed by atoms with van der Waals surface area (Å²) >= 11 is 0. The van der Waals surface area contributed by atoms with Crippen LogP contribution in [0.2, 0.25) is 0 Å². The lowest BCUT2D eigenvalue weighted by Gasteiger charge is -2.25. The molecule has 0 fully saturated rings. The molecular formula is C16H14FN5O. The Morgan fingerprint density at radius 2 is 2.22 bits per heavy atom. The number of carbonyl (C=O) groups excluding carboxylic acids is 1. The predicted molar refractivity (Wildman–Crippen MR) is 80.6 cm³/mol. The van der Waals surface area contributed by atoms with Crippen LogP contribution in [-0.4, -0.2) is 37.3 Å². The first kappa shape index (κ1) is 13.7.